The number of carbonyl (C=O) groups excluding carboxylic acids is 1. The van der Waals surface area contributed by atoms with E-state index in [9.17, 15) is 9.90 Å². The summed E-state index contributed by atoms with van der Waals surface area (Å²) in [5.74, 6) is -0.270. The molecule has 3 aromatic rings. The van der Waals surface area contributed by atoms with E-state index < -0.39 is 5.60 Å². The van der Waals surface area contributed by atoms with Crippen LogP contribution >= 0.6 is 0 Å². The second kappa shape index (κ2) is 12.3. The monoisotopic (exact) mass is 499 g/mol. The van der Waals surface area contributed by atoms with Gasteiger partial charge in [0.25, 0.3) is 0 Å². The van der Waals surface area contributed by atoms with E-state index in [-0.39, 0.29) is 17.8 Å². The number of hydrogen-bond acceptors (Lipinski definition) is 4. The molecule has 4 heteroatoms. The average Bonchev–Trinajstić information content (AvgIpc) is 2.93. The number of hydrogen-bond donors (Lipinski definition) is 1. The van der Waals surface area contributed by atoms with Crippen molar-refractivity contribution in [1.82, 2.24) is 4.98 Å². The third-order valence-electron chi connectivity index (χ3n) is 7.97. The maximum atomic E-state index is 11.7. The standard InChI is InChI=1S/C33H41NO3/c1-7-32(36,8-2)18-17-26-11-16-30(19-24(26)5)33(9-3,10-4)29-14-12-27(13-15-29)28-20-25(22-34-23-28)21-31(35)37-6/h11-20,22-23,36H,7-10,21H2,1-6H3/b18-17+. The Morgan fingerprint density at radius 1 is 0.892 bits per heavy atom. The molecule has 0 bridgehead atoms. The Balaban J connectivity index is 1.92. The third-order valence-corrected chi connectivity index (χ3v) is 7.97. The molecule has 0 saturated carbocycles. The van der Waals surface area contributed by atoms with E-state index in [1.54, 1.807) is 6.20 Å². The Hall–Kier alpha value is -3.24. The fraction of sp³-hybridized carbons (Fsp3) is 0.394. The first-order valence-corrected chi connectivity index (χ1v) is 13.4. The molecular formula is C33H41NO3. The Morgan fingerprint density at radius 3 is 2.11 bits per heavy atom. The van der Waals surface area contributed by atoms with Crippen LogP contribution in [0.4, 0.5) is 0 Å². The SMILES string of the molecule is CCC(O)(/C=C/c1ccc(C(CC)(CC)c2ccc(-c3cncc(CC(=O)OC)c3)cc2)cc1C)CC. The summed E-state index contributed by atoms with van der Waals surface area (Å²) in [5.41, 5.74) is 6.99. The van der Waals surface area contributed by atoms with E-state index in [1.165, 1.54) is 23.8 Å². The summed E-state index contributed by atoms with van der Waals surface area (Å²) >= 11 is 0. The van der Waals surface area contributed by atoms with E-state index in [1.807, 2.05) is 32.2 Å². The van der Waals surface area contributed by atoms with Crippen molar-refractivity contribution in [3.05, 3.63) is 94.8 Å². The van der Waals surface area contributed by atoms with Gasteiger partial charge in [0.15, 0.2) is 0 Å². The number of pyridine rings is 1. The maximum Gasteiger partial charge on any atom is 0.310 e. The molecule has 0 saturated heterocycles. The lowest BCUT2D eigenvalue weighted by molar-refractivity contribution is -0.139. The minimum absolute atomic E-state index is 0.0932. The summed E-state index contributed by atoms with van der Waals surface area (Å²) in [6, 6.07) is 17.5. The van der Waals surface area contributed by atoms with Gasteiger partial charge in [-0.1, -0.05) is 82.3 Å². The number of aliphatic hydroxyl groups is 1. The van der Waals surface area contributed by atoms with Gasteiger partial charge in [0, 0.05) is 23.4 Å². The molecule has 0 spiro atoms. The number of aryl methyl sites for hydroxylation is 1. The predicted molar refractivity (Wildman–Crippen MR) is 152 cm³/mol. The van der Waals surface area contributed by atoms with Crippen LogP contribution in [0, 0.1) is 6.92 Å². The van der Waals surface area contributed by atoms with Crippen LogP contribution in [-0.2, 0) is 21.4 Å². The summed E-state index contributed by atoms with van der Waals surface area (Å²) in [4.78, 5) is 16.0. The van der Waals surface area contributed by atoms with Crippen LogP contribution in [0.3, 0.4) is 0 Å². The summed E-state index contributed by atoms with van der Waals surface area (Å²) in [6.45, 7) is 10.7. The first-order valence-electron chi connectivity index (χ1n) is 13.4. The molecule has 196 valence electrons. The largest absolute Gasteiger partial charge is 0.469 e. The third kappa shape index (κ3) is 6.37. The van der Waals surface area contributed by atoms with Gasteiger partial charge in [-0.05, 0) is 72.1 Å². The Kier molecular flexibility index (Phi) is 9.45. The number of nitrogens with zero attached hydrogens (tertiary/aromatic N) is 1. The molecule has 3 rings (SSSR count). The molecular weight excluding hydrogens is 458 g/mol. The van der Waals surface area contributed by atoms with Crippen molar-refractivity contribution in [3.8, 4) is 11.1 Å². The van der Waals surface area contributed by atoms with Crippen LogP contribution in [0.15, 0.2) is 67.0 Å². The molecule has 1 N–H and O–H groups in total. The van der Waals surface area contributed by atoms with Gasteiger partial charge in [-0.15, -0.1) is 0 Å². The molecule has 0 radical (unpaired) electrons. The van der Waals surface area contributed by atoms with Gasteiger partial charge in [0.1, 0.15) is 0 Å². The van der Waals surface area contributed by atoms with Crippen molar-refractivity contribution in [2.75, 3.05) is 7.11 Å². The molecule has 0 aliphatic heterocycles. The molecule has 2 aromatic carbocycles. The van der Waals surface area contributed by atoms with Crippen LogP contribution in [-0.4, -0.2) is 28.8 Å². The highest BCUT2D eigenvalue weighted by molar-refractivity contribution is 5.73. The molecule has 0 fully saturated rings. The Morgan fingerprint density at radius 2 is 1.54 bits per heavy atom. The highest BCUT2D eigenvalue weighted by Gasteiger charge is 2.31. The van der Waals surface area contributed by atoms with Crippen molar-refractivity contribution in [1.29, 1.82) is 0 Å². The highest BCUT2D eigenvalue weighted by Crippen LogP contribution is 2.40. The minimum atomic E-state index is -0.752. The zero-order chi connectivity index (χ0) is 27.1. The molecule has 37 heavy (non-hydrogen) atoms. The zero-order valence-electron chi connectivity index (χ0n) is 23.2. The number of esters is 1. The van der Waals surface area contributed by atoms with E-state index in [4.69, 9.17) is 4.74 Å². The molecule has 0 atom stereocenters. The van der Waals surface area contributed by atoms with Gasteiger partial charge in [0.2, 0.25) is 0 Å². The number of benzene rings is 2. The Labute approximate surface area is 222 Å². The molecule has 1 heterocycles. The lowest BCUT2D eigenvalue weighted by Crippen LogP contribution is -2.26. The van der Waals surface area contributed by atoms with Crippen molar-refractivity contribution in [2.45, 2.75) is 77.7 Å². The molecule has 0 unspecified atom stereocenters. The average molecular weight is 500 g/mol. The van der Waals surface area contributed by atoms with Crippen LogP contribution in [0.5, 0.6) is 0 Å². The van der Waals surface area contributed by atoms with Crippen molar-refractivity contribution in [3.63, 3.8) is 0 Å². The van der Waals surface area contributed by atoms with Gasteiger partial charge in [-0.3, -0.25) is 9.78 Å². The summed E-state index contributed by atoms with van der Waals surface area (Å²) in [7, 11) is 1.40. The minimum Gasteiger partial charge on any atom is -0.469 e. The number of carbonyl (C=O) groups is 1. The second-order valence-corrected chi connectivity index (χ2v) is 9.92. The normalized spacial score (nSPS) is 12.2. The number of aromatic nitrogens is 1. The van der Waals surface area contributed by atoms with Crippen molar-refractivity contribution in [2.24, 2.45) is 0 Å². The van der Waals surface area contributed by atoms with Crippen LogP contribution in [0.1, 0.15) is 81.2 Å². The van der Waals surface area contributed by atoms with Gasteiger partial charge < -0.3 is 9.84 Å². The molecule has 4 nitrogen and oxygen atoms in total. The van der Waals surface area contributed by atoms with Crippen LogP contribution < -0.4 is 0 Å². The number of methoxy groups -OCH3 is 1. The quantitative estimate of drug-likeness (QED) is 0.279. The second-order valence-electron chi connectivity index (χ2n) is 9.92. The summed E-state index contributed by atoms with van der Waals surface area (Å²) in [5, 5.41) is 10.6. The van der Waals surface area contributed by atoms with Gasteiger partial charge in [0.05, 0.1) is 19.1 Å². The summed E-state index contributed by atoms with van der Waals surface area (Å²) < 4.78 is 4.79. The van der Waals surface area contributed by atoms with E-state index in [2.05, 4.69) is 74.3 Å². The van der Waals surface area contributed by atoms with Crippen LogP contribution in [0.25, 0.3) is 17.2 Å². The Bertz CT molecular complexity index is 1220. The fourth-order valence-corrected chi connectivity index (χ4v) is 5.09. The summed E-state index contributed by atoms with van der Waals surface area (Å²) in [6.07, 6.45) is 11.1. The van der Waals surface area contributed by atoms with Crippen LogP contribution in [0.2, 0.25) is 0 Å². The predicted octanol–water partition coefficient (Wildman–Crippen LogP) is 7.44. The molecule has 0 aliphatic rings. The van der Waals surface area contributed by atoms with Gasteiger partial charge in [-0.2, -0.15) is 0 Å². The van der Waals surface area contributed by atoms with Gasteiger partial charge in [-0.25, -0.2) is 0 Å². The number of rotatable bonds is 11. The highest BCUT2D eigenvalue weighted by atomic mass is 16.5. The van der Waals surface area contributed by atoms with Gasteiger partial charge >= 0.3 is 5.97 Å². The topological polar surface area (TPSA) is 59.4 Å². The first-order chi connectivity index (χ1) is 17.7. The zero-order valence-corrected chi connectivity index (χ0v) is 23.2. The first kappa shape index (κ1) is 28.3. The lowest BCUT2D eigenvalue weighted by Gasteiger charge is -2.34. The van der Waals surface area contributed by atoms with Crippen molar-refractivity contribution >= 4 is 12.0 Å². The molecule has 1 aromatic heterocycles. The van der Waals surface area contributed by atoms with Crippen molar-refractivity contribution < 1.29 is 14.6 Å². The van der Waals surface area contributed by atoms with E-state index in [0.717, 1.165) is 35.1 Å². The smallest absolute Gasteiger partial charge is 0.310 e. The lowest BCUT2D eigenvalue weighted by atomic mass is 9.70. The maximum absolute atomic E-state index is 11.7. The number of ether oxygens (including phenoxy) is 1. The fourth-order valence-electron chi connectivity index (χ4n) is 5.09. The molecule has 0 amide bonds. The molecule has 0 aliphatic carbocycles. The van der Waals surface area contributed by atoms with E-state index >= 15 is 0 Å². The van der Waals surface area contributed by atoms with E-state index in [0.29, 0.717) is 12.8 Å².